The van der Waals surface area contributed by atoms with Crippen LogP contribution < -0.4 is 10.1 Å². The van der Waals surface area contributed by atoms with Gasteiger partial charge in [0.1, 0.15) is 5.75 Å². The van der Waals surface area contributed by atoms with E-state index in [0.29, 0.717) is 17.3 Å². The van der Waals surface area contributed by atoms with Gasteiger partial charge >= 0.3 is 0 Å². The van der Waals surface area contributed by atoms with Crippen LogP contribution in [0.1, 0.15) is 18.1 Å². The average Bonchev–Trinajstić information content (AvgIpc) is 2.49. The van der Waals surface area contributed by atoms with Crippen LogP contribution in [0.4, 0.5) is 0 Å². The summed E-state index contributed by atoms with van der Waals surface area (Å²) in [5.41, 5.74) is 1.96. The summed E-state index contributed by atoms with van der Waals surface area (Å²) in [7, 11) is 0. The normalized spacial score (nSPS) is 11.8. The standard InChI is InChI=1S/C16H17ClN2O2/c1-11-5-6-14(17)15(8-11)21-12(2)16(20)19-10-13-4-3-7-18-9-13/h3-9,12H,10H2,1-2H3,(H,19,20)/t12-/m1/s1. The second-order valence-electron chi connectivity index (χ2n) is 4.77. The number of nitrogens with zero attached hydrogens (tertiary/aromatic N) is 1. The van der Waals surface area contributed by atoms with Crippen molar-refractivity contribution >= 4 is 17.5 Å². The van der Waals surface area contributed by atoms with Crippen LogP contribution >= 0.6 is 11.6 Å². The van der Waals surface area contributed by atoms with Crippen molar-refractivity contribution < 1.29 is 9.53 Å². The largest absolute Gasteiger partial charge is 0.479 e. The molecule has 0 aliphatic carbocycles. The van der Waals surface area contributed by atoms with Gasteiger partial charge in [-0.15, -0.1) is 0 Å². The van der Waals surface area contributed by atoms with Crippen molar-refractivity contribution in [2.75, 3.05) is 0 Å². The fourth-order valence-corrected chi connectivity index (χ4v) is 1.94. The number of aromatic nitrogens is 1. The Hall–Kier alpha value is -2.07. The lowest BCUT2D eigenvalue weighted by Crippen LogP contribution is -2.36. The van der Waals surface area contributed by atoms with Gasteiger partial charge in [-0.1, -0.05) is 23.7 Å². The molecule has 21 heavy (non-hydrogen) atoms. The summed E-state index contributed by atoms with van der Waals surface area (Å²) in [6.07, 6.45) is 2.78. The van der Waals surface area contributed by atoms with Gasteiger partial charge in [0, 0.05) is 18.9 Å². The zero-order chi connectivity index (χ0) is 15.2. The quantitative estimate of drug-likeness (QED) is 0.923. The Balaban J connectivity index is 1.92. The summed E-state index contributed by atoms with van der Waals surface area (Å²) in [4.78, 5) is 16.0. The smallest absolute Gasteiger partial charge is 0.261 e. The van der Waals surface area contributed by atoms with Gasteiger partial charge in [-0.3, -0.25) is 9.78 Å². The van der Waals surface area contributed by atoms with Crippen molar-refractivity contribution in [1.82, 2.24) is 10.3 Å². The van der Waals surface area contributed by atoms with E-state index in [9.17, 15) is 4.79 Å². The molecule has 0 unspecified atom stereocenters. The van der Waals surface area contributed by atoms with Crippen molar-refractivity contribution in [2.45, 2.75) is 26.5 Å². The predicted octanol–water partition coefficient (Wildman–Crippen LogP) is 3.13. The Labute approximate surface area is 129 Å². The minimum atomic E-state index is -0.624. The highest BCUT2D eigenvalue weighted by atomic mass is 35.5. The number of amides is 1. The van der Waals surface area contributed by atoms with E-state index in [1.54, 1.807) is 25.4 Å². The molecule has 1 aromatic carbocycles. The molecule has 4 nitrogen and oxygen atoms in total. The van der Waals surface area contributed by atoms with Crippen LogP contribution in [0, 0.1) is 6.92 Å². The molecule has 0 radical (unpaired) electrons. The van der Waals surface area contributed by atoms with Crippen molar-refractivity contribution in [3.63, 3.8) is 0 Å². The number of carbonyl (C=O) groups is 1. The molecule has 1 N–H and O–H groups in total. The highest BCUT2D eigenvalue weighted by Crippen LogP contribution is 2.26. The fraction of sp³-hybridized carbons (Fsp3) is 0.250. The SMILES string of the molecule is Cc1ccc(Cl)c(O[C@H](C)C(=O)NCc2cccnc2)c1. The maximum atomic E-state index is 12.0. The molecule has 5 heteroatoms. The van der Waals surface area contributed by atoms with Gasteiger partial charge in [0.25, 0.3) is 5.91 Å². The average molecular weight is 305 g/mol. The number of benzene rings is 1. The number of aryl methyl sites for hydroxylation is 1. The summed E-state index contributed by atoms with van der Waals surface area (Å²) in [5, 5.41) is 3.30. The number of hydrogen-bond donors (Lipinski definition) is 1. The maximum absolute atomic E-state index is 12.0. The molecule has 0 fully saturated rings. The predicted molar refractivity (Wildman–Crippen MR) is 82.4 cm³/mol. The first-order valence-corrected chi connectivity index (χ1v) is 7.03. The Morgan fingerprint density at radius 1 is 1.43 bits per heavy atom. The van der Waals surface area contributed by atoms with Crippen LogP contribution in [0.25, 0.3) is 0 Å². The summed E-state index contributed by atoms with van der Waals surface area (Å²) in [5.74, 6) is 0.317. The van der Waals surface area contributed by atoms with Crippen LogP contribution in [0.2, 0.25) is 5.02 Å². The molecule has 0 saturated carbocycles. The maximum Gasteiger partial charge on any atom is 0.261 e. The first-order chi connectivity index (χ1) is 10.1. The molecule has 1 atom stereocenters. The van der Waals surface area contributed by atoms with Gasteiger partial charge in [0.2, 0.25) is 0 Å². The molecule has 2 aromatic rings. The Morgan fingerprint density at radius 3 is 2.95 bits per heavy atom. The van der Waals surface area contributed by atoms with E-state index in [2.05, 4.69) is 10.3 Å². The highest BCUT2D eigenvalue weighted by Gasteiger charge is 2.15. The number of rotatable bonds is 5. The number of hydrogen-bond acceptors (Lipinski definition) is 3. The van der Waals surface area contributed by atoms with Crippen molar-refractivity contribution in [3.8, 4) is 5.75 Å². The molecule has 1 amide bonds. The first-order valence-electron chi connectivity index (χ1n) is 6.65. The first kappa shape index (κ1) is 15.3. The molecule has 1 heterocycles. The monoisotopic (exact) mass is 304 g/mol. The molecule has 0 bridgehead atoms. The summed E-state index contributed by atoms with van der Waals surface area (Å²) < 4.78 is 5.62. The van der Waals surface area contributed by atoms with Crippen LogP contribution in [-0.2, 0) is 11.3 Å². The summed E-state index contributed by atoms with van der Waals surface area (Å²) >= 11 is 6.05. The van der Waals surface area contributed by atoms with Crippen LogP contribution in [0.15, 0.2) is 42.7 Å². The van der Waals surface area contributed by atoms with E-state index in [-0.39, 0.29) is 5.91 Å². The van der Waals surface area contributed by atoms with Gasteiger partial charge in [0.05, 0.1) is 5.02 Å². The highest BCUT2D eigenvalue weighted by molar-refractivity contribution is 6.32. The van der Waals surface area contributed by atoms with Gasteiger partial charge in [-0.25, -0.2) is 0 Å². The molecule has 0 spiro atoms. The van der Waals surface area contributed by atoms with Crippen LogP contribution in [0.5, 0.6) is 5.75 Å². The number of carbonyl (C=O) groups excluding carboxylic acids is 1. The van der Waals surface area contributed by atoms with E-state index in [1.165, 1.54) is 0 Å². The molecular weight excluding hydrogens is 288 g/mol. The van der Waals surface area contributed by atoms with Crippen LogP contribution in [-0.4, -0.2) is 17.0 Å². The Morgan fingerprint density at radius 2 is 2.24 bits per heavy atom. The topological polar surface area (TPSA) is 51.2 Å². The fourth-order valence-electron chi connectivity index (χ4n) is 1.78. The van der Waals surface area contributed by atoms with Gasteiger partial charge in [-0.05, 0) is 43.2 Å². The lowest BCUT2D eigenvalue weighted by Gasteiger charge is -2.16. The Kier molecular flexibility index (Phi) is 5.17. The molecule has 110 valence electrons. The lowest BCUT2D eigenvalue weighted by atomic mass is 10.2. The zero-order valence-corrected chi connectivity index (χ0v) is 12.7. The third-order valence-corrected chi connectivity index (χ3v) is 3.26. The van der Waals surface area contributed by atoms with Crippen LogP contribution in [0.3, 0.4) is 0 Å². The molecule has 0 saturated heterocycles. The van der Waals surface area contributed by atoms with E-state index < -0.39 is 6.10 Å². The van der Waals surface area contributed by atoms with E-state index in [1.807, 2.05) is 31.2 Å². The van der Waals surface area contributed by atoms with Crippen molar-refractivity contribution in [3.05, 3.63) is 58.9 Å². The second kappa shape index (κ2) is 7.09. The second-order valence-corrected chi connectivity index (χ2v) is 5.18. The van der Waals surface area contributed by atoms with Gasteiger partial charge < -0.3 is 10.1 Å². The molecule has 0 aliphatic heterocycles. The third kappa shape index (κ3) is 4.46. The van der Waals surface area contributed by atoms with Crippen molar-refractivity contribution in [2.24, 2.45) is 0 Å². The summed E-state index contributed by atoms with van der Waals surface area (Å²) in [6.45, 7) is 4.05. The van der Waals surface area contributed by atoms with Crippen molar-refractivity contribution in [1.29, 1.82) is 0 Å². The minimum Gasteiger partial charge on any atom is -0.479 e. The molecular formula is C16H17ClN2O2. The number of nitrogens with one attached hydrogen (secondary N) is 1. The van der Waals surface area contributed by atoms with Gasteiger partial charge in [0.15, 0.2) is 6.10 Å². The summed E-state index contributed by atoms with van der Waals surface area (Å²) in [6, 6.07) is 9.19. The minimum absolute atomic E-state index is 0.198. The number of halogens is 1. The van der Waals surface area contributed by atoms with E-state index in [4.69, 9.17) is 16.3 Å². The molecule has 2 rings (SSSR count). The number of ether oxygens (including phenoxy) is 1. The molecule has 1 aromatic heterocycles. The van der Waals surface area contributed by atoms with E-state index >= 15 is 0 Å². The Bertz CT molecular complexity index is 617. The van der Waals surface area contributed by atoms with E-state index in [0.717, 1.165) is 11.1 Å². The third-order valence-electron chi connectivity index (χ3n) is 2.95. The zero-order valence-electron chi connectivity index (χ0n) is 12.0. The van der Waals surface area contributed by atoms with Gasteiger partial charge in [-0.2, -0.15) is 0 Å². The number of pyridine rings is 1. The molecule has 0 aliphatic rings. The lowest BCUT2D eigenvalue weighted by molar-refractivity contribution is -0.127.